The summed E-state index contributed by atoms with van der Waals surface area (Å²) in [6.45, 7) is 4.18. The van der Waals surface area contributed by atoms with Gasteiger partial charge in [-0.3, -0.25) is 10.1 Å². The Morgan fingerprint density at radius 3 is 2.88 bits per heavy atom. The molecular formula is C9H13N3O2S2. The molecule has 1 aromatic rings. The molecular weight excluding hydrogens is 246 g/mol. The first-order chi connectivity index (χ1) is 7.61. The number of thiazole rings is 1. The zero-order valence-corrected chi connectivity index (χ0v) is 10.7. The zero-order chi connectivity index (χ0) is 12.0. The fraction of sp³-hybridized carbons (Fsp3) is 0.444. The topological polar surface area (TPSA) is 71.1 Å². The van der Waals surface area contributed by atoms with Crippen molar-refractivity contribution in [2.45, 2.75) is 18.2 Å². The number of thioether (sulfide) groups is 1. The van der Waals surface area contributed by atoms with Crippen molar-refractivity contribution in [2.24, 2.45) is 0 Å². The molecule has 16 heavy (non-hydrogen) atoms. The maximum absolute atomic E-state index is 11.3. The van der Waals surface area contributed by atoms with Gasteiger partial charge < -0.3 is 5.32 Å². The highest BCUT2D eigenvalue weighted by Gasteiger charge is 2.08. The summed E-state index contributed by atoms with van der Waals surface area (Å²) in [7, 11) is 0. The molecule has 0 saturated heterocycles. The summed E-state index contributed by atoms with van der Waals surface area (Å²) >= 11 is 2.82. The second-order valence-corrected chi connectivity index (χ2v) is 5.03. The van der Waals surface area contributed by atoms with Crippen LogP contribution in [0.25, 0.3) is 0 Å². The number of imide groups is 1. The largest absolute Gasteiger partial charge is 0.338 e. The summed E-state index contributed by atoms with van der Waals surface area (Å²) in [5, 5.41) is 6.63. The van der Waals surface area contributed by atoms with Gasteiger partial charge in [0.05, 0.1) is 5.75 Å². The predicted octanol–water partition coefficient (Wildman–Crippen LogP) is 1.39. The molecule has 1 aromatic heterocycles. The zero-order valence-electron chi connectivity index (χ0n) is 9.07. The Bertz CT molecular complexity index is 379. The third-order valence-electron chi connectivity index (χ3n) is 1.51. The van der Waals surface area contributed by atoms with E-state index in [1.54, 1.807) is 6.92 Å². The van der Waals surface area contributed by atoms with Crippen LogP contribution < -0.4 is 10.6 Å². The second kappa shape index (κ2) is 6.49. The number of aromatic nitrogens is 1. The van der Waals surface area contributed by atoms with E-state index in [1.165, 1.54) is 23.1 Å². The summed E-state index contributed by atoms with van der Waals surface area (Å²) in [6.07, 6.45) is 0. The minimum absolute atomic E-state index is 0.198. The fourth-order valence-corrected chi connectivity index (χ4v) is 2.54. The quantitative estimate of drug-likeness (QED) is 0.802. The van der Waals surface area contributed by atoms with Crippen LogP contribution in [0.1, 0.15) is 12.6 Å². The summed E-state index contributed by atoms with van der Waals surface area (Å²) in [5.41, 5.74) is 0.941. The minimum atomic E-state index is -0.455. The molecule has 1 rings (SSSR count). The normalized spacial score (nSPS) is 9.88. The summed E-state index contributed by atoms with van der Waals surface area (Å²) in [6, 6.07) is -0.455. The minimum Gasteiger partial charge on any atom is -0.338 e. The molecule has 0 unspecified atom stereocenters. The monoisotopic (exact) mass is 259 g/mol. The maximum atomic E-state index is 11.3. The van der Waals surface area contributed by atoms with Gasteiger partial charge >= 0.3 is 6.03 Å². The van der Waals surface area contributed by atoms with Gasteiger partial charge in [0.15, 0.2) is 4.34 Å². The molecule has 1 heterocycles. The van der Waals surface area contributed by atoms with E-state index in [2.05, 4.69) is 15.6 Å². The highest BCUT2D eigenvalue weighted by molar-refractivity contribution is 8.01. The van der Waals surface area contributed by atoms with Crippen LogP contribution in [0.4, 0.5) is 4.79 Å². The number of aryl methyl sites for hydroxylation is 1. The summed E-state index contributed by atoms with van der Waals surface area (Å²) in [5.74, 6) is -0.117. The predicted molar refractivity (Wildman–Crippen MR) is 64.8 cm³/mol. The van der Waals surface area contributed by atoms with Crippen molar-refractivity contribution < 1.29 is 9.59 Å². The van der Waals surface area contributed by atoms with Gasteiger partial charge in [0.1, 0.15) is 0 Å². The Hall–Kier alpha value is -1.08. The molecule has 0 aliphatic carbocycles. The molecule has 0 aliphatic rings. The molecule has 0 saturated carbocycles. The van der Waals surface area contributed by atoms with E-state index >= 15 is 0 Å². The van der Waals surface area contributed by atoms with E-state index in [0.29, 0.717) is 6.54 Å². The number of hydrogen-bond donors (Lipinski definition) is 2. The van der Waals surface area contributed by atoms with Crippen molar-refractivity contribution in [1.29, 1.82) is 0 Å². The second-order valence-electron chi connectivity index (χ2n) is 2.95. The maximum Gasteiger partial charge on any atom is 0.321 e. The van der Waals surface area contributed by atoms with Crippen LogP contribution in [0, 0.1) is 6.92 Å². The summed E-state index contributed by atoms with van der Waals surface area (Å²) in [4.78, 5) is 26.5. The lowest BCUT2D eigenvalue weighted by Crippen LogP contribution is -2.40. The van der Waals surface area contributed by atoms with Crippen molar-refractivity contribution in [3.63, 3.8) is 0 Å². The van der Waals surface area contributed by atoms with E-state index in [9.17, 15) is 9.59 Å². The van der Waals surface area contributed by atoms with E-state index in [4.69, 9.17) is 0 Å². The van der Waals surface area contributed by atoms with Crippen molar-refractivity contribution in [3.8, 4) is 0 Å². The van der Waals surface area contributed by atoms with Gasteiger partial charge in [-0.1, -0.05) is 11.8 Å². The number of rotatable bonds is 4. The Kier molecular flexibility index (Phi) is 5.27. The van der Waals surface area contributed by atoms with Crippen molar-refractivity contribution in [2.75, 3.05) is 12.3 Å². The van der Waals surface area contributed by atoms with Crippen LogP contribution in [-0.2, 0) is 4.79 Å². The van der Waals surface area contributed by atoms with Crippen LogP contribution in [0.3, 0.4) is 0 Å². The molecule has 7 heteroatoms. The Labute approximate surface area is 102 Å². The van der Waals surface area contributed by atoms with Crippen LogP contribution in [-0.4, -0.2) is 29.2 Å². The Morgan fingerprint density at radius 1 is 1.56 bits per heavy atom. The molecule has 0 atom stereocenters. The first-order valence-corrected chi connectivity index (χ1v) is 6.61. The smallest absolute Gasteiger partial charge is 0.321 e. The van der Waals surface area contributed by atoms with Crippen LogP contribution >= 0.6 is 23.1 Å². The lowest BCUT2D eigenvalue weighted by atomic mass is 10.6. The molecule has 5 nitrogen and oxygen atoms in total. The first-order valence-electron chi connectivity index (χ1n) is 4.74. The van der Waals surface area contributed by atoms with E-state index in [0.717, 1.165) is 10.0 Å². The van der Waals surface area contributed by atoms with E-state index in [1.807, 2.05) is 12.3 Å². The number of nitrogens with zero attached hydrogens (tertiary/aromatic N) is 1. The first kappa shape index (κ1) is 13.0. The van der Waals surface area contributed by atoms with Crippen LogP contribution in [0.5, 0.6) is 0 Å². The molecule has 88 valence electrons. The third kappa shape index (κ3) is 4.63. The number of carbonyl (C=O) groups is 2. The van der Waals surface area contributed by atoms with Crippen molar-refractivity contribution >= 4 is 35.0 Å². The molecule has 2 N–H and O–H groups in total. The standard InChI is InChI=1S/C9H13N3O2S2/c1-3-10-8(14)12-7(13)5-16-9-11-6(2)4-15-9/h4H,3,5H2,1-2H3,(H2,10,12,13,14). The lowest BCUT2D eigenvalue weighted by Gasteiger charge is -2.02. The van der Waals surface area contributed by atoms with Gasteiger partial charge in [-0.05, 0) is 13.8 Å². The molecule has 0 aliphatic heterocycles. The molecule has 0 spiro atoms. The average Bonchev–Trinajstić information content (AvgIpc) is 2.61. The number of nitrogens with one attached hydrogen (secondary N) is 2. The van der Waals surface area contributed by atoms with Gasteiger partial charge in [-0.15, -0.1) is 11.3 Å². The van der Waals surface area contributed by atoms with Crippen molar-refractivity contribution in [1.82, 2.24) is 15.6 Å². The number of urea groups is 1. The average molecular weight is 259 g/mol. The summed E-state index contributed by atoms with van der Waals surface area (Å²) < 4.78 is 0.837. The molecule has 3 amide bonds. The lowest BCUT2D eigenvalue weighted by molar-refractivity contribution is -0.117. The van der Waals surface area contributed by atoms with E-state index in [-0.39, 0.29) is 11.7 Å². The van der Waals surface area contributed by atoms with Crippen LogP contribution in [0.2, 0.25) is 0 Å². The molecule has 0 fully saturated rings. The van der Waals surface area contributed by atoms with Crippen molar-refractivity contribution in [3.05, 3.63) is 11.1 Å². The Balaban J connectivity index is 2.27. The van der Waals surface area contributed by atoms with Gasteiger partial charge in [0.25, 0.3) is 0 Å². The molecule has 0 bridgehead atoms. The molecule has 0 radical (unpaired) electrons. The molecule has 0 aromatic carbocycles. The Morgan fingerprint density at radius 2 is 2.31 bits per heavy atom. The van der Waals surface area contributed by atoms with Gasteiger partial charge in [-0.25, -0.2) is 9.78 Å². The van der Waals surface area contributed by atoms with Gasteiger partial charge in [0, 0.05) is 17.6 Å². The van der Waals surface area contributed by atoms with Gasteiger partial charge in [0.2, 0.25) is 5.91 Å². The third-order valence-corrected chi connectivity index (χ3v) is 3.65. The number of hydrogen-bond acceptors (Lipinski definition) is 5. The fourth-order valence-electron chi connectivity index (χ4n) is 0.893. The number of carbonyl (C=O) groups excluding carboxylic acids is 2. The highest BCUT2D eigenvalue weighted by Crippen LogP contribution is 2.21. The highest BCUT2D eigenvalue weighted by atomic mass is 32.2. The van der Waals surface area contributed by atoms with E-state index < -0.39 is 6.03 Å². The van der Waals surface area contributed by atoms with Crippen LogP contribution in [0.15, 0.2) is 9.72 Å². The SMILES string of the molecule is CCNC(=O)NC(=O)CSc1nc(C)cs1. The number of amides is 3. The van der Waals surface area contributed by atoms with Gasteiger partial charge in [-0.2, -0.15) is 0 Å².